The van der Waals surface area contributed by atoms with Gasteiger partial charge < -0.3 is 15.4 Å². The monoisotopic (exact) mass is 611 g/mol. The van der Waals surface area contributed by atoms with Gasteiger partial charge in [-0.2, -0.15) is 0 Å². The molecule has 1 spiro atoms. The van der Waals surface area contributed by atoms with Crippen LogP contribution in [0.4, 0.5) is 5.69 Å². The van der Waals surface area contributed by atoms with Crippen LogP contribution in [0.2, 0.25) is 5.02 Å². The number of benzene rings is 2. The average Bonchev–Trinajstić information content (AvgIpc) is 3.10. The Balaban J connectivity index is 1.48. The van der Waals surface area contributed by atoms with Gasteiger partial charge >= 0.3 is 0 Å². The summed E-state index contributed by atoms with van der Waals surface area (Å²) in [5.41, 5.74) is 9.76. The predicted octanol–water partition coefficient (Wildman–Crippen LogP) is 5.77. The number of hydrogen-bond donors (Lipinski definition) is 2. The number of fused-ring (bicyclic) bond motifs is 3. The molecule has 1 amide bonds. The zero-order valence-electron chi connectivity index (χ0n) is 24.4. The number of hydrogen-bond acceptors (Lipinski definition) is 6. The van der Waals surface area contributed by atoms with E-state index >= 15 is 0 Å². The van der Waals surface area contributed by atoms with Crippen molar-refractivity contribution in [3.63, 3.8) is 0 Å². The normalized spacial score (nSPS) is 24.7. The molecule has 5 rings (SSSR count). The molecule has 3 aliphatic rings. The van der Waals surface area contributed by atoms with Crippen molar-refractivity contribution >= 4 is 33.2 Å². The highest BCUT2D eigenvalue weighted by Crippen LogP contribution is 2.46. The largest absolute Gasteiger partial charge is 0.490 e. The van der Waals surface area contributed by atoms with E-state index in [1.54, 1.807) is 31.2 Å². The number of carbonyl (C=O) groups excluding carboxylic acids is 1. The quantitative estimate of drug-likeness (QED) is 0.331. The van der Waals surface area contributed by atoms with Crippen molar-refractivity contribution in [3.8, 4) is 5.75 Å². The minimum absolute atomic E-state index is 0.0663. The zero-order valence-corrected chi connectivity index (χ0v) is 25.9. The third-order valence-electron chi connectivity index (χ3n) is 9.54. The minimum Gasteiger partial charge on any atom is -0.490 e. The lowest BCUT2D eigenvalue weighted by Gasteiger charge is -2.45. The molecule has 3 N–H and O–H groups in total. The summed E-state index contributed by atoms with van der Waals surface area (Å²) in [6.07, 6.45) is 9.56. The number of anilines is 1. The van der Waals surface area contributed by atoms with Crippen molar-refractivity contribution in [1.29, 1.82) is 0 Å². The maximum absolute atomic E-state index is 13.3. The van der Waals surface area contributed by atoms with Crippen LogP contribution in [0, 0.1) is 11.8 Å². The fourth-order valence-electron chi connectivity index (χ4n) is 6.84. The minimum atomic E-state index is -3.84. The first-order valence-corrected chi connectivity index (χ1v) is 16.8. The second-order valence-corrected chi connectivity index (χ2v) is 14.8. The van der Waals surface area contributed by atoms with Crippen LogP contribution in [-0.2, 0) is 21.9 Å². The lowest BCUT2D eigenvalue weighted by molar-refractivity contribution is 0.0981. The Labute approximate surface area is 255 Å². The molecule has 7 nitrogen and oxygen atoms in total. The molecule has 2 aromatic rings. The third kappa shape index (κ3) is 6.12. The molecule has 1 fully saturated rings. The lowest BCUT2D eigenvalue weighted by Crippen LogP contribution is -2.50. The Morgan fingerprint density at radius 2 is 2.07 bits per heavy atom. The molecular formula is C33H42ClN3O4S. The SMILES string of the molecule is C=CCC[C@@H](C)S(=O)(=O)NC(=O)c1ccc2c(c1)N(C[C@@H]1CC[C@H]1[C@@H](N)C=C)C[C@@]1(CCCc3cc(Cl)ccc31)CO2. The summed E-state index contributed by atoms with van der Waals surface area (Å²) >= 11 is 6.38. The first kappa shape index (κ1) is 30.6. The Hall–Kier alpha value is -2.81. The van der Waals surface area contributed by atoms with Crippen LogP contribution in [0.15, 0.2) is 61.7 Å². The lowest BCUT2D eigenvalue weighted by atomic mass is 9.68. The van der Waals surface area contributed by atoms with Crippen molar-refractivity contribution in [2.45, 2.75) is 68.6 Å². The fourth-order valence-corrected chi connectivity index (χ4v) is 8.06. The van der Waals surface area contributed by atoms with Crippen molar-refractivity contribution in [3.05, 3.63) is 83.4 Å². The molecule has 2 aromatic carbocycles. The maximum Gasteiger partial charge on any atom is 0.264 e. The number of aryl methyl sites for hydroxylation is 1. The number of rotatable bonds is 10. The average molecular weight is 612 g/mol. The van der Waals surface area contributed by atoms with Crippen molar-refractivity contribution in [1.82, 2.24) is 4.72 Å². The standard InChI is InChI=1S/C33H42ClN3O4S/c1-4-6-8-22(3)42(39,40)36-32(38)24-11-15-31-30(18-24)37(19-25-10-13-27(25)29(35)5-2)20-33(21-41-31)16-7-9-23-17-26(34)12-14-28(23)33/h4-5,11-12,14-15,17-18,22,25,27,29H,1-2,6-10,13,16,19-21,35H2,3H3,(H,36,38)/t22-,25+,27-,29+,33+/m1/s1. The van der Waals surface area contributed by atoms with E-state index < -0.39 is 21.2 Å². The van der Waals surface area contributed by atoms with E-state index in [0.29, 0.717) is 43.6 Å². The molecule has 42 heavy (non-hydrogen) atoms. The molecule has 1 saturated carbocycles. The first-order chi connectivity index (χ1) is 20.1. The summed E-state index contributed by atoms with van der Waals surface area (Å²) < 4.78 is 34.5. The number of allylic oxidation sites excluding steroid dienone is 1. The molecule has 226 valence electrons. The summed E-state index contributed by atoms with van der Waals surface area (Å²) in [6.45, 7) is 11.2. The van der Waals surface area contributed by atoms with Crippen molar-refractivity contribution < 1.29 is 17.9 Å². The first-order valence-electron chi connectivity index (χ1n) is 14.9. The van der Waals surface area contributed by atoms with Crippen LogP contribution in [0.5, 0.6) is 5.75 Å². The predicted molar refractivity (Wildman–Crippen MR) is 170 cm³/mol. The second kappa shape index (κ2) is 12.4. The second-order valence-electron chi connectivity index (χ2n) is 12.3. The Morgan fingerprint density at radius 1 is 1.26 bits per heavy atom. The molecule has 0 saturated heterocycles. The number of nitrogens with one attached hydrogen (secondary N) is 1. The van der Waals surface area contributed by atoms with Crippen molar-refractivity contribution in [2.75, 3.05) is 24.6 Å². The summed E-state index contributed by atoms with van der Waals surface area (Å²) in [6, 6.07) is 11.3. The topological polar surface area (TPSA) is 102 Å². The van der Waals surface area contributed by atoms with E-state index in [-0.39, 0.29) is 17.0 Å². The summed E-state index contributed by atoms with van der Waals surface area (Å²) in [4.78, 5) is 15.6. The van der Waals surface area contributed by atoms with E-state index in [1.807, 2.05) is 12.1 Å². The van der Waals surface area contributed by atoms with Crippen LogP contribution in [-0.4, -0.2) is 45.3 Å². The van der Waals surface area contributed by atoms with Crippen LogP contribution in [0.1, 0.15) is 66.9 Å². The molecule has 2 aliphatic carbocycles. The molecule has 0 aromatic heterocycles. The Morgan fingerprint density at radius 3 is 2.79 bits per heavy atom. The van der Waals surface area contributed by atoms with Gasteiger partial charge in [0.05, 0.1) is 17.5 Å². The Kier molecular flexibility index (Phi) is 9.07. The smallest absolute Gasteiger partial charge is 0.264 e. The van der Waals surface area contributed by atoms with Crippen LogP contribution in [0.25, 0.3) is 0 Å². The molecule has 5 atom stereocenters. The highest BCUT2D eigenvalue weighted by Gasteiger charge is 2.44. The third-order valence-corrected chi connectivity index (χ3v) is 11.5. The molecule has 0 radical (unpaired) electrons. The molecular weight excluding hydrogens is 570 g/mol. The number of nitrogens with two attached hydrogens (primary N) is 1. The van der Waals surface area contributed by atoms with Gasteiger partial charge in [0.1, 0.15) is 5.75 Å². The Bertz CT molecular complexity index is 1460. The molecule has 1 heterocycles. The van der Waals surface area contributed by atoms with E-state index in [9.17, 15) is 13.2 Å². The van der Waals surface area contributed by atoms with Crippen LogP contribution in [0.3, 0.4) is 0 Å². The van der Waals surface area contributed by atoms with Gasteiger partial charge in [-0.15, -0.1) is 13.2 Å². The van der Waals surface area contributed by atoms with Gasteiger partial charge in [0.2, 0.25) is 10.0 Å². The number of nitrogens with zero attached hydrogens (tertiary/aromatic N) is 1. The fraction of sp³-hybridized carbons (Fsp3) is 0.485. The molecule has 0 unspecified atom stereocenters. The van der Waals surface area contributed by atoms with Gasteiger partial charge in [-0.3, -0.25) is 4.79 Å². The summed E-state index contributed by atoms with van der Waals surface area (Å²) in [5, 5.41) is 0.0186. The number of halogens is 1. The molecule has 0 bridgehead atoms. The van der Waals surface area contributed by atoms with Gasteiger partial charge in [-0.1, -0.05) is 29.8 Å². The van der Waals surface area contributed by atoms with E-state index in [4.69, 9.17) is 22.1 Å². The number of ether oxygens (including phenoxy) is 1. The highest BCUT2D eigenvalue weighted by atomic mass is 35.5. The summed E-state index contributed by atoms with van der Waals surface area (Å²) in [7, 11) is -3.84. The van der Waals surface area contributed by atoms with Gasteiger partial charge in [-0.05, 0) is 105 Å². The summed E-state index contributed by atoms with van der Waals surface area (Å²) in [5.74, 6) is 0.765. The number of amides is 1. The van der Waals surface area contributed by atoms with Gasteiger partial charge in [-0.25, -0.2) is 13.1 Å². The van der Waals surface area contributed by atoms with Gasteiger partial charge in [0, 0.05) is 35.1 Å². The molecule has 1 aliphatic heterocycles. The molecule has 9 heteroatoms. The van der Waals surface area contributed by atoms with Gasteiger partial charge in [0.25, 0.3) is 5.91 Å². The zero-order chi connectivity index (χ0) is 30.1. The number of carbonyl (C=O) groups is 1. The van der Waals surface area contributed by atoms with Crippen LogP contribution < -0.4 is 20.1 Å². The highest BCUT2D eigenvalue weighted by molar-refractivity contribution is 7.90. The van der Waals surface area contributed by atoms with Crippen LogP contribution >= 0.6 is 11.6 Å². The van der Waals surface area contributed by atoms with E-state index in [1.165, 1.54) is 11.1 Å². The van der Waals surface area contributed by atoms with E-state index in [2.05, 4.69) is 34.9 Å². The van der Waals surface area contributed by atoms with Crippen molar-refractivity contribution in [2.24, 2.45) is 17.6 Å². The van der Waals surface area contributed by atoms with Gasteiger partial charge in [0.15, 0.2) is 0 Å². The van der Waals surface area contributed by atoms with E-state index in [0.717, 1.165) is 49.4 Å². The number of sulfonamides is 1. The maximum atomic E-state index is 13.3.